The summed E-state index contributed by atoms with van der Waals surface area (Å²) in [5, 5.41) is 2.48. The summed E-state index contributed by atoms with van der Waals surface area (Å²) in [4.78, 5) is 4.58. The van der Waals surface area contributed by atoms with Crippen molar-refractivity contribution in [3.63, 3.8) is 0 Å². The first-order chi connectivity index (χ1) is 27.7. The fourth-order valence-corrected chi connectivity index (χ4v) is 8.16. The van der Waals surface area contributed by atoms with Crippen LogP contribution < -0.4 is 19.3 Å². The lowest BCUT2D eigenvalue weighted by molar-refractivity contribution is 0.446. The van der Waals surface area contributed by atoms with Gasteiger partial charge in [-0.25, -0.2) is 0 Å². The highest BCUT2D eigenvalue weighted by atomic mass is 16.5. The summed E-state index contributed by atoms with van der Waals surface area (Å²) in [6.07, 6.45) is 0. The molecule has 2 aliphatic heterocycles. The van der Waals surface area contributed by atoms with E-state index in [-0.39, 0.29) is 0 Å². The van der Waals surface area contributed by atoms with E-state index in [0.717, 1.165) is 68.2 Å². The Kier molecular flexibility index (Phi) is 7.46. The minimum absolute atomic E-state index is 0.758. The van der Waals surface area contributed by atoms with Gasteiger partial charge in [-0.05, 0) is 117 Å². The molecule has 56 heavy (non-hydrogen) atoms. The van der Waals surface area contributed by atoms with Crippen LogP contribution in [0.4, 0.5) is 34.1 Å². The summed E-state index contributed by atoms with van der Waals surface area (Å²) >= 11 is 0. The van der Waals surface area contributed by atoms with Crippen molar-refractivity contribution in [1.29, 1.82) is 0 Å². The molecule has 9 aromatic rings. The maximum absolute atomic E-state index is 6.61. The first-order valence-corrected chi connectivity index (χ1v) is 18.9. The summed E-state index contributed by atoms with van der Waals surface area (Å²) in [5.41, 5.74) is 12.9. The van der Waals surface area contributed by atoms with E-state index >= 15 is 0 Å². The zero-order valence-corrected chi connectivity index (χ0v) is 30.3. The van der Waals surface area contributed by atoms with Crippen LogP contribution in [0, 0.1) is 0 Å². The van der Waals surface area contributed by atoms with Crippen molar-refractivity contribution >= 4 is 44.9 Å². The highest BCUT2D eigenvalue weighted by Crippen LogP contribution is 2.60. The fourth-order valence-electron chi connectivity index (χ4n) is 8.16. The topological polar surface area (TPSA) is 24.9 Å². The minimum atomic E-state index is 0.758. The number of hydrogen-bond acceptors (Lipinski definition) is 4. The van der Waals surface area contributed by atoms with Gasteiger partial charge in [0, 0.05) is 17.1 Å². The van der Waals surface area contributed by atoms with E-state index in [1.807, 2.05) is 36.4 Å². The average molecular weight is 719 g/mol. The summed E-state index contributed by atoms with van der Waals surface area (Å²) in [6.45, 7) is 0. The maximum atomic E-state index is 6.61. The second kappa shape index (κ2) is 13.1. The monoisotopic (exact) mass is 718 g/mol. The Morgan fingerprint density at radius 3 is 1.57 bits per heavy atom. The van der Waals surface area contributed by atoms with E-state index in [9.17, 15) is 0 Å². The molecule has 0 unspecified atom stereocenters. The molecule has 0 aliphatic carbocycles. The van der Waals surface area contributed by atoms with E-state index in [1.165, 1.54) is 33.0 Å². The molecule has 0 fully saturated rings. The van der Waals surface area contributed by atoms with Crippen LogP contribution in [0.25, 0.3) is 44.2 Å². The van der Waals surface area contributed by atoms with Gasteiger partial charge >= 0.3 is 0 Å². The summed E-state index contributed by atoms with van der Waals surface area (Å²) < 4.78 is 13.2. The van der Waals surface area contributed by atoms with E-state index in [0.29, 0.717) is 0 Å². The van der Waals surface area contributed by atoms with Crippen molar-refractivity contribution in [3.05, 3.63) is 206 Å². The normalized spacial score (nSPS) is 12.2. The van der Waals surface area contributed by atoms with E-state index in [2.05, 4.69) is 180 Å². The van der Waals surface area contributed by atoms with Crippen molar-refractivity contribution in [2.24, 2.45) is 0 Å². The number of nitrogens with zero attached hydrogens (tertiary/aromatic N) is 2. The van der Waals surface area contributed by atoms with Crippen LogP contribution in [-0.4, -0.2) is 0 Å². The third-order valence-electron chi connectivity index (χ3n) is 10.8. The van der Waals surface area contributed by atoms with Gasteiger partial charge in [0.05, 0.1) is 11.4 Å². The van der Waals surface area contributed by atoms with Crippen molar-refractivity contribution in [1.82, 2.24) is 0 Å². The number of fused-ring (bicyclic) bond motifs is 5. The smallest absolute Gasteiger partial charge is 0.156 e. The summed E-state index contributed by atoms with van der Waals surface area (Å²) in [5.74, 6) is 3.14. The lowest BCUT2D eigenvalue weighted by atomic mass is 9.98. The Morgan fingerprint density at radius 2 is 0.875 bits per heavy atom. The molecule has 0 saturated heterocycles. The molecular formula is C52H34N2O2. The third-order valence-corrected chi connectivity index (χ3v) is 10.8. The molecule has 0 amide bonds. The van der Waals surface area contributed by atoms with Crippen LogP contribution in [0.2, 0.25) is 0 Å². The molecule has 2 heterocycles. The van der Waals surface area contributed by atoms with Gasteiger partial charge in [-0.3, -0.25) is 4.90 Å². The number of rotatable bonds is 6. The van der Waals surface area contributed by atoms with E-state index in [1.54, 1.807) is 0 Å². The Hall–Kier alpha value is -7.56. The van der Waals surface area contributed by atoms with Gasteiger partial charge in [-0.2, -0.15) is 0 Å². The molecule has 0 atom stereocenters. The van der Waals surface area contributed by atoms with Crippen molar-refractivity contribution in [3.8, 4) is 56.4 Å². The zero-order chi connectivity index (χ0) is 37.0. The number of para-hydroxylation sites is 4. The largest absolute Gasteiger partial charge is 0.453 e. The molecule has 4 nitrogen and oxygen atoms in total. The molecular weight excluding hydrogens is 685 g/mol. The molecule has 4 heteroatoms. The number of benzene rings is 9. The zero-order valence-electron chi connectivity index (χ0n) is 30.3. The Labute approximate surface area is 325 Å². The highest BCUT2D eigenvalue weighted by molar-refractivity contribution is 5.98. The molecule has 0 saturated carbocycles. The molecule has 9 aromatic carbocycles. The minimum Gasteiger partial charge on any atom is -0.453 e. The van der Waals surface area contributed by atoms with Crippen molar-refractivity contribution in [2.75, 3.05) is 9.80 Å². The summed E-state index contributed by atoms with van der Waals surface area (Å²) in [6, 6.07) is 72.7. The van der Waals surface area contributed by atoms with Gasteiger partial charge in [0.1, 0.15) is 5.69 Å². The van der Waals surface area contributed by atoms with Gasteiger partial charge in [0.25, 0.3) is 0 Å². The van der Waals surface area contributed by atoms with Crippen LogP contribution in [0.3, 0.4) is 0 Å². The van der Waals surface area contributed by atoms with Crippen LogP contribution in [0.5, 0.6) is 23.0 Å². The molecule has 0 radical (unpaired) electrons. The van der Waals surface area contributed by atoms with Crippen LogP contribution in [-0.2, 0) is 0 Å². The lowest BCUT2D eigenvalue weighted by Crippen LogP contribution is -2.20. The molecule has 0 spiro atoms. The average Bonchev–Trinajstić information content (AvgIpc) is 3.27. The van der Waals surface area contributed by atoms with Gasteiger partial charge < -0.3 is 14.4 Å². The van der Waals surface area contributed by atoms with Crippen LogP contribution in [0.1, 0.15) is 0 Å². The Bertz CT molecular complexity index is 2840. The SMILES string of the molecule is c1ccc(-c2ccc(N(c3ccc(-c4cccc5ccccc45)cc3)c3cccc(-c4cc5c6c(c4)Oc4ccccc4N6c4ccccc4O5)c3)cc2)cc1. The number of hydrogen-bond donors (Lipinski definition) is 0. The third kappa shape index (κ3) is 5.39. The van der Waals surface area contributed by atoms with Crippen LogP contribution in [0.15, 0.2) is 206 Å². The molecule has 2 aliphatic rings. The molecule has 0 aromatic heterocycles. The number of anilines is 6. The van der Waals surface area contributed by atoms with E-state index < -0.39 is 0 Å². The quantitative estimate of drug-likeness (QED) is 0.171. The van der Waals surface area contributed by atoms with Gasteiger partial charge in [-0.15, -0.1) is 0 Å². The molecule has 0 N–H and O–H groups in total. The molecule has 11 rings (SSSR count). The second-order valence-electron chi connectivity index (χ2n) is 14.2. The van der Waals surface area contributed by atoms with Gasteiger partial charge in [-0.1, -0.05) is 133 Å². The predicted octanol–water partition coefficient (Wildman–Crippen LogP) is 15.0. The van der Waals surface area contributed by atoms with Gasteiger partial charge in [0.2, 0.25) is 0 Å². The van der Waals surface area contributed by atoms with E-state index in [4.69, 9.17) is 9.47 Å². The summed E-state index contributed by atoms with van der Waals surface area (Å²) in [7, 11) is 0. The van der Waals surface area contributed by atoms with Crippen LogP contribution >= 0.6 is 0 Å². The fraction of sp³-hybridized carbons (Fsp3) is 0. The Balaban J connectivity index is 1.02. The standard InChI is InChI=1S/C52H34N2O2/c1-2-12-35(13-3-1)36-24-28-41(29-25-36)53(42-30-26-38(27-31-42)45-19-11-15-37-14-4-5-18-44(37)45)43-17-10-16-39(32-43)40-33-50-52-51(34-40)56-49-23-9-7-21-47(49)54(52)46-20-6-8-22-48(46)55-50/h1-34H. The van der Waals surface area contributed by atoms with Crippen molar-refractivity contribution in [2.45, 2.75) is 0 Å². The first kappa shape index (κ1) is 31.9. The molecule has 0 bridgehead atoms. The maximum Gasteiger partial charge on any atom is 0.156 e. The highest BCUT2D eigenvalue weighted by Gasteiger charge is 2.35. The number of ether oxygens (including phenoxy) is 2. The first-order valence-electron chi connectivity index (χ1n) is 18.9. The second-order valence-corrected chi connectivity index (χ2v) is 14.2. The van der Waals surface area contributed by atoms with Gasteiger partial charge in [0.15, 0.2) is 23.0 Å². The molecule has 264 valence electrons. The lowest BCUT2D eigenvalue weighted by Gasteiger charge is -2.38. The van der Waals surface area contributed by atoms with Crippen molar-refractivity contribution < 1.29 is 9.47 Å². The Morgan fingerprint density at radius 1 is 0.339 bits per heavy atom. The predicted molar refractivity (Wildman–Crippen MR) is 230 cm³/mol.